The van der Waals surface area contributed by atoms with Crippen molar-refractivity contribution >= 4 is 40.7 Å². The summed E-state index contributed by atoms with van der Waals surface area (Å²) in [6.45, 7) is 6.58. The number of benzene rings is 3. The summed E-state index contributed by atoms with van der Waals surface area (Å²) >= 11 is 12.6. The lowest BCUT2D eigenvalue weighted by Gasteiger charge is -2.46. The first-order valence-corrected chi connectivity index (χ1v) is 12.0. The zero-order valence-electron chi connectivity index (χ0n) is 18.6. The van der Waals surface area contributed by atoms with Gasteiger partial charge in [0.1, 0.15) is 0 Å². The number of hydrogen-bond acceptors (Lipinski definition) is 2. The van der Waals surface area contributed by atoms with Crippen LogP contribution in [0.15, 0.2) is 60.7 Å². The van der Waals surface area contributed by atoms with E-state index in [-0.39, 0.29) is 29.1 Å². The molecule has 1 saturated heterocycles. The van der Waals surface area contributed by atoms with Crippen molar-refractivity contribution in [2.45, 2.75) is 38.0 Å². The average molecular weight is 476 g/mol. The largest absolute Gasteiger partial charge is 0.274 e. The Hall–Kier alpha value is -2.62. The minimum atomic E-state index is -0.449. The van der Waals surface area contributed by atoms with Crippen molar-refractivity contribution in [2.75, 3.05) is 4.90 Å². The first-order chi connectivity index (χ1) is 15.7. The number of hydrogen-bond donors (Lipinski definition) is 0. The number of carbonyl (C=O) groups is 2. The summed E-state index contributed by atoms with van der Waals surface area (Å²) in [6.07, 6.45) is 0. The maximum absolute atomic E-state index is 13.9. The van der Waals surface area contributed by atoms with Gasteiger partial charge in [-0.15, -0.1) is 0 Å². The van der Waals surface area contributed by atoms with E-state index in [0.717, 1.165) is 16.7 Å². The summed E-state index contributed by atoms with van der Waals surface area (Å²) < 4.78 is 0. The molecule has 5 heteroatoms. The van der Waals surface area contributed by atoms with E-state index in [4.69, 9.17) is 23.2 Å². The molecule has 1 fully saturated rings. The van der Waals surface area contributed by atoms with Gasteiger partial charge in [0.05, 0.1) is 22.5 Å². The van der Waals surface area contributed by atoms with E-state index in [0.29, 0.717) is 15.7 Å². The van der Waals surface area contributed by atoms with Gasteiger partial charge in [-0.1, -0.05) is 86.4 Å². The average Bonchev–Trinajstić information content (AvgIpc) is 3.05. The van der Waals surface area contributed by atoms with Crippen LogP contribution in [0.3, 0.4) is 0 Å². The fraction of sp³-hybridized carbons (Fsp3) is 0.286. The Labute approximate surface area is 203 Å². The first-order valence-electron chi connectivity index (χ1n) is 11.2. The van der Waals surface area contributed by atoms with E-state index in [9.17, 15) is 9.59 Å². The monoisotopic (exact) mass is 475 g/mol. The highest BCUT2D eigenvalue weighted by Gasteiger charge is 2.62. The Kier molecular flexibility index (Phi) is 4.41. The highest BCUT2D eigenvalue weighted by Crippen LogP contribution is 2.62. The Bertz CT molecular complexity index is 1360. The van der Waals surface area contributed by atoms with Crippen molar-refractivity contribution < 1.29 is 9.59 Å². The topological polar surface area (TPSA) is 37.4 Å². The van der Waals surface area contributed by atoms with Crippen molar-refractivity contribution in [1.29, 1.82) is 0 Å². The Morgan fingerprint density at radius 1 is 0.727 bits per heavy atom. The van der Waals surface area contributed by atoms with Crippen LogP contribution < -0.4 is 4.90 Å². The molecule has 3 aromatic rings. The summed E-state index contributed by atoms with van der Waals surface area (Å²) in [6, 6.07) is 19.8. The van der Waals surface area contributed by atoms with Crippen LogP contribution in [0.2, 0.25) is 10.0 Å². The van der Waals surface area contributed by atoms with Crippen LogP contribution in [0.4, 0.5) is 5.69 Å². The third-order valence-electron chi connectivity index (χ3n) is 7.55. The molecule has 0 aromatic heterocycles. The molecule has 7 rings (SSSR count). The summed E-state index contributed by atoms with van der Waals surface area (Å²) in [4.78, 5) is 29.0. The highest BCUT2D eigenvalue weighted by molar-refractivity contribution is 6.38. The Morgan fingerprint density at radius 3 is 1.91 bits per heavy atom. The normalized spacial score (nSPS) is 25.2. The van der Waals surface area contributed by atoms with Crippen LogP contribution >= 0.6 is 23.2 Å². The molecular formula is C28H23Cl2NO2. The zero-order valence-corrected chi connectivity index (χ0v) is 20.1. The third kappa shape index (κ3) is 2.82. The van der Waals surface area contributed by atoms with Gasteiger partial charge in [-0.2, -0.15) is 0 Å². The quantitative estimate of drug-likeness (QED) is 0.367. The van der Waals surface area contributed by atoms with Gasteiger partial charge in [0.15, 0.2) is 0 Å². The number of nitrogens with zero attached hydrogens (tertiary/aromatic N) is 1. The van der Waals surface area contributed by atoms with E-state index in [1.54, 1.807) is 18.2 Å². The molecule has 33 heavy (non-hydrogen) atoms. The van der Waals surface area contributed by atoms with Gasteiger partial charge in [-0.25, -0.2) is 4.90 Å². The Morgan fingerprint density at radius 2 is 1.30 bits per heavy atom. The predicted molar refractivity (Wildman–Crippen MR) is 131 cm³/mol. The van der Waals surface area contributed by atoms with Crippen LogP contribution in [0, 0.1) is 11.8 Å². The third-order valence-corrected chi connectivity index (χ3v) is 8.11. The van der Waals surface area contributed by atoms with Crippen molar-refractivity contribution in [1.82, 2.24) is 0 Å². The lowest BCUT2D eigenvalue weighted by atomic mass is 9.54. The molecule has 0 unspecified atom stereocenters. The summed E-state index contributed by atoms with van der Waals surface area (Å²) in [5.41, 5.74) is 6.23. The lowest BCUT2D eigenvalue weighted by Crippen LogP contribution is -2.41. The van der Waals surface area contributed by atoms with Gasteiger partial charge < -0.3 is 0 Å². The van der Waals surface area contributed by atoms with E-state index in [2.05, 4.69) is 51.1 Å². The molecule has 1 aliphatic heterocycles. The van der Waals surface area contributed by atoms with Gasteiger partial charge >= 0.3 is 0 Å². The number of anilines is 1. The van der Waals surface area contributed by atoms with Gasteiger partial charge in [-0.05, 0) is 51.4 Å². The van der Waals surface area contributed by atoms with Crippen molar-refractivity contribution in [3.05, 3.63) is 98.5 Å². The second-order valence-corrected chi connectivity index (χ2v) is 11.2. The van der Waals surface area contributed by atoms with Crippen LogP contribution in [0.5, 0.6) is 0 Å². The van der Waals surface area contributed by atoms with Crippen molar-refractivity contribution in [3.63, 3.8) is 0 Å². The molecule has 4 aliphatic rings. The van der Waals surface area contributed by atoms with E-state index in [1.165, 1.54) is 16.0 Å². The smallest absolute Gasteiger partial charge is 0.238 e. The predicted octanol–water partition coefficient (Wildman–Crippen LogP) is 6.69. The minimum absolute atomic E-state index is 0.0134. The summed E-state index contributed by atoms with van der Waals surface area (Å²) in [5.74, 6) is -1.59. The molecule has 0 radical (unpaired) electrons. The number of halogens is 2. The fourth-order valence-corrected chi connectivity index (χ4v) is 6.46. The van der Waals surface area contributed by atoms with Crippen molar-refractivity contribution in [2.24, 2.45) is 11.8 Å². The van der Waals surface area contributed by atoms with Crippen LogP contribution in [0.25, 0.3) is 0 Å². The molecule has 3 aliphatic carbocycles. The highest BCUT2D eigenvalue weighted by atomic mass is 35.5. The number of rotatable bonds is 1. The van der Waals surface area contributed by atoms with Gasteiger partial charge in [-0.3, -0.25) is 9.59 Å². The number of carbonyl (C=O) groups excluding carboxylic acids is 2. The molecule has 0 N–H and O–H groups in total. The van der Waals surface area contributed by atoms with Crippen LogP contribution in [-0.4, -0.2) is 11.8 Å². The number of imide groups is 1. The second kappa shape index (κ2) is 6.94. The molecule has 0 spiro atoms. The van der Waals surface area contributed by atoms with Gasteiger partial charge in [0, 0.05) is 16.9 Å². The van der Waals surface area contributed by atoms with Gasteiger partial charge in [0.2, 0.25) is 11.8 Å². The fourth-order valence-electron chi connectivity index (χ4n) is 6.09. The molecule has 166 valence electrons. The molecule has 2 amide bonds. The SMILES string of the molecule is CC(C)(C)c1ccc2c(c1)[C@@H]1c3ccccc3[C@@H]2[C@@H]2C(=O)N(c3cc(Cl)ccc3Cl)C(=O)[C@H]12. The summed E-state index contributed by atoms with van der Waals surface area (Å²) in [5, 5.41) is 0.784. The minimum Gasteiger partial charge on any atom is -0.274 e. The Balaban J connectivity index is 1.57. The van der Waals surface area contributed by atoms with Crippen molar-refractivity contribution in [3.8, 4) is 0 Å². The second-order valence-electron chi connectivity index (χ2n) is 10.3. The molecule has 0 saturated carbocycles. The van der Waals surface area contributed by atoms with Crippen LogP contribution in [0.1, 0.15) is 60.4 Å². The maximum atomic E-state index is 13.9. The van der Waals surface area contributed by atoms with E-state index < -0.39 is 11.8 Å². The van der Waals surface area contributed by atoms with Gasteiger partial charge in [0.25, 0.3) is 0 Å². The molecule has 2 bridgehead atoms. The molecule has 4 atom stereocenters. The number of amides is 2. The molecular weight excluding hydrogens is 453 g/mol. The lowest BCUT2D eigenvalue weighted by molar-refractivity contribution is -0.122. The van der Waals surface area contributed by atoms with Crippen LogP contribution in [-0.2, 0) is 15.0 Å². The zero-order chi connectivity index (χ0) is 23.2. The molecule has 1 heterocycles. The molecule has 3 aromatic carbocycles. The summed E-state index contributed by atoms with van der Waals surface area (Å²) in [7, 11) is 0. The first kappa shape index (κ1) is 20.9. The van der Waals surface area contributed by atoms with E-state index >= 15 is 0 Å². The van der Waals surface area contributed by atoms with E-state index in [1.807, 2.05) is 12.1 Å². The maximum Gasteiger partial charge on any atom is 0.238 e. The standard InChI is InChI=1S/C28H23Cl2NO2/c1-28(2,3)14-8-10-18-19(12-14)23-17-7-5-4-6-16(17)22(18)24-25(23)27(33)31(26(24)32)21-13-15(29)9-11-20(21)30/h4-13,22-25H,1-3H3/t22-,23-,24-,25+/m0/s1. The molecule has 3 nitrogen and oxygen atoms in total.